The lowest BCUT2D eigenvalue weighted by molar-refractivity contribution is 0.0383. The average Bonchev–Trinajstić information content (AvgIpc) is 2.66. The van der Waals surface area contributed by atoms with Crippen molar-refractivity contribution in [2.75, 3.05) is 44.7 Å². The van der Waals surface area contributed by atoms with E-state index in [1.54, 1.807) is 30.3 Å². The maximum absolute atomic E-state index is 12.2. The molecule has 0 aliphatic carbocycles. The van der Waals surface area contributed by atoms with E-state index in [9.17, 15) is 4.79 Å². The van der Waals surface area contributed by atoms with Crippen LogP contribution in [0.2, 0.25) is 10.0 Å². The van der Waals surface area contributed by atoms with Gasteiger partial charge in [0, 0.05) is 37.4 Å². The van der Waals surface area contributed by atoms with Gasteiger partial charge in [-0.25, -0.2) is 4.98 Å². The van der Waals surface area contributed by atoms with Gasteiger partial charge in [-0.05, 0) is 30.3 Å². The molecule has 1 aliphatic heterocycles. The number of carbonyl (C=O) groups is 1. The normalized spacial score (nSPS) is 14.8. The van der Waals surface area contributed by atoms with Gasteiger partial charge in [-0.2, -0.15) is 0 Å². The zero-order chi connectivity index (χ0) is 18.4. The first-order chi connectivity index (χ1) is 12.6. The number of amides is 1. The smallest absolute Gasteiger partial charge is 0.252 e. The Bertz CT molecular complexity index is 749. The van der Waals surface area contributed by atoms with Crippen LogP contribution in [0, 0.1) is 0 Å². The molecule has 1 aromatic carbocycles. The Kier molecular flexibility index (Phi) is 6.68. The van der Waals surface area contributed by atoms with Crippen molar-refractivity contribution in [1.29, 1.82) is 0 Å². The molecule has 0 unspecified atom stereocenters. The molecule has 2 N–H and O–H groups in total. The zero-order valence-corrected chi connectivity index (χ0v) is 15.7. The van der Waals surface area contributed by atoms with Crippen LogP contribution < -0.4 is 10.6 Å². The van der Waals surface area contributed by atoms with Crippen LogP contribution in [0.25, 0.3) is 0 Å². The van der Waals surface area contributed by atoms with Crippen molar-refractivity contribution in [3.8, 4) is 0 Å². The van der Waals surface area contributed by atoms with Crippen molar-refractivity contribution in [3.63, 3.8) is 0 Å². The molecule has 0 saturated carbocycles. The Balaban J connectivity index is 1.51. The van der Waals surface area contributed by atoms with E-state index in [1.807, 2.05) is 0 Å². The molecule has 3 rings (SSSR count). The fourth-order valence-corrected chi connectivity index (χ4v) is 2.92. The molecule has 1 fully saturated rings. The molecular formula is C18H20Cl2N4O2. The van der Waals surface area contributed by atoms with Gasteiger partial charge in [0.25, 0.3) is 5.91 Å². The van der Waals surface area contributed by atoms with Gasteiger partial charge < -0.3 is 15.4 Å². The van der Waals surface area contributed by atoms with Crippen molar-refractivity contribution in [2.45, 2.75) is 0 Å². The highest BCUT2D eigenvalue weighted by atomic mass is 35.5. The summed E-state index contributed by atoms with van der Waals surface area (Å²) in [5.74, 6) is 0.442. The van der Waals surface area contributed by atoms with Crippen LogP contribution in [0.3, 0.4) is 0 Å². The van der Waals surface area contributed by atoms with Crippen LogP contribution in [0.15, 0.2) is 36.5 Å². The number of carbonyl (C=O) groups excluding carboxylic acids is 1. The van der Waals surface area contributed by atoms with Gasteiger partial charge in [-0.3, -0.25) is 9.69 Å². The van der Waals surface area contributed by atoms with Crippen LogP contribution in [-0.2, 0) is 4.74 Å². The summed E-state index contributed by atoms with van der Waals surface area (Å²) in [6, 6.07) is 8.60. The van der Waals surface area contributed by atoms with Gasteiger partial charge in [0.2, 0.25) is 0 Å². The van der Waals surface area contributed by atoms with E-state index in [0.29, 0.717) is 33.7 Å². The van der Waals surface area contributed by atoms with Crippen molar-refractivity contribution < 1.29 is 9.53 Å². The number of pyridine rings is 1. The van der Waals surface area contributed by atoms with E-state index in [2.05, 4.69) is 20.5 Å². The highest BCUT2D eigenvalue weighted by molar-refractivity contribution is 6.35. The molecule has 8 heteroatoms. The first-order valence-corrected chi connectivity index (χ1v) is 9.14. The van der Waals surface area contributed by atoms with Gasteiger partial charge in [0.05, 0.1) is 29.5 Å². The Labute approximate surface area is 162 Å². The lowest BCUT2D eigenvalue weighted by Crippen LogP contribution is -2.41. The highest BCUT2D eigenvalue weighted by Gasteiger charge is 2.11. The largest absolute Gasteiger partial charge is 0.379 e. The number of nitrogens with one attached hydrogen (secondary N) is 2. The predicted molar refractivity (Wildman–Crippen MR) is 104 cm³/mol. The number of benzene rings is 1. The minimum Gasteiger partial charge on any atom is -0.379 e. The lowest BCUT2D eigenvalue weighted by Gasteiger charge is -2.26. The molecule has 6 nitrogen and oxygen atoms in total. The SMILES string of the molecule is O=C(NCCN1CCOCC1)c1ccc(Nc2cc(Cl)ccc2Cl)nc1. The van der Waals surface area contributed by atoms with E-state index in [4.69, 9.17) is 27.9 Å². The molecule has 138 valence electrons. The third kappa shape index (κ3) is 5.32. The highest BCUT2D eigenvalue weighted by Crippen LogP contribution is 2.27. The van der Waals surface area contributed by atoms with Crippen LogP contribution in [-0.4, -0.2) is 55.2 Å². The monoisotopic (exact) mass is 394 g/mol. The molecule has 26 heavy (non-hydrogen) atoms. The fourth-order valence-electron chi connectivity index (χ4n) is 2.59. The van der Waals surface area contributed by atoms with E-state index in [1.165, 1.54) is 6.20 Å². The van der Waals surface area contributed by atoms with E-state index < -0.39 is 0 Å². The van der Waals surface area contributed by atoms with Crippen LogP contribution in [0.1, 0.15) is 10.4 Å². The molecular weight excluding hydrogens is 375 g/mol. The second kappa shape index (κ2) is 9.19. The summed E-state index contributed by atoms with van der Waals surface area (Å²) in [7, 11) is 0. The number of rotatable bonds is 6. The summed E-state index contributed by atoms with van der Waals surface area (Å²) in [4.78, 5) is 18.7. The number of aromatic nitrogens is 1. The number of nitrogens with zero attached hydrogens (tertiary/aromatic N) is 2. The molecule has 0 bridgehead atoms. The third-order valence-corrected chi connectivity index (χ3v) is 4.60. The van der Waals surface area contributed by atoms with Gasteiger partial charge >= 0.3 is 0 Å². The standard InChI is InChI=1S/C18H20Cl2N4O2/c19-14-2-3-15(20)16(11-14)23-17-4-1-13(12-22-17)18(25)21-5-6-24-7-9-26-10-8-24/h1-4,11-12H,5-10H2,(H,21,25)(H,22,23). The van der Waals surface area contributed by atoms with Gasteiger partial charge in [-0.1, -0.05) is 23.2 Å². The molecule has 0 radical (unpaired) electrons. The summed E-state index contributed by atoms with van der Waals surface area (Å²) in [5, 5.41) is 7.12. The second-order valence-corrected chi connectivity index (χ2v) is 6.73. The van der Waals surface area contributed by atoms with E-state index in [-0.39, 0.29) is 5.91 Å². The minimum atomic E-state index is -0.141. The average molecular weight is 395 g/mol. The first kappa shape index (κ1) is 18.9. The summed E-state index contributed by atoms with van der Waals surface area (Å²) in [6.07, 6.45) is 1.53. The molecule has 1 aliphatic rings. The molecule has 1 saturated heterocycles. The summed E-state index contributed by atoms with van der Waals surface area (Å²) in [5.41, 5.74) is 1.17. The Morgan fingerprint density at radius 2 is 2.00 bits per heavy atom. The fraction of sp³-hybridized carbons (Fsp3) is 0.333. The van der Waals surface area contributed by atoms with Gasteiger partial charge in [-0.15, -0.1) is 0 Å². The zero-order valence-electron chi connectivity index (χ0n) is 14.2. The molecule has 0 spiro atoms. The quantitative estimate of drug-likeness (QED) is 0.787. The summed E-state index contributed by atoms with van der Waals surface area (Å²) in [6.45, 7) is 4.73. The number of ether oxygens (including phenoxy) is 1. The third-order valence-electron chi connectivity index (χ3n) is 4.03. The number of hydrogen-bond donors (Lipinski definition) is 2. The van der Waals surface area contributed by atoms with E-state index in [0.717, 1.165) is 32.8 Å². The van der Waals surface area contributed by atoms with Gasteiger partial charge in [0.1, 0.15) is 5.82 Å². The number of hydrogen-bond acceptors (Lipinski definition) is 5. The first-order valence-electron chi connectivity index (χ1n) is 8.38. The molecule has 1 aromatic heterocycles. The summed E-state index contributed by atoms with van der Waals surface area (Å²) >= 11 is 12.1. The molecule has 2 heterocycles. The van der Waals surface area contributed by atoms with Crippen molar-refractivity contribution in [1.82, 2.24) is 15.2 Å². The second-order valence-electron chi connectivity index (χ2n) is 5.89. The predicted octanol–water partition coefficient (Wildman–Crippen LogP) is 3.19. The van der Waals surface area contributed by atoms with Crippen molar-refractivity contribution in [3.05, 3.63) is 52.1 Å². The van der Waals surface area contributed by atoms with Crippen LogP contribution >= 0.6 is 23.2 Å². The number of halogens is 2. The molecule has 2 aromatic rings. The minimum absolute atomic E-state index is 0.141. The Hall–Kier alpha value is -1.86. The molecule has 1 amide bonds. The van der Waals surface area contributed by atoms with Crippen LogP contribution in [0.5, 0.6) is 0 Å². The van der Waals surface area contributed by atoms with Crippen molar-refractivity contribution in [2.24, 2.45) is 0 Å². The van der Waals surface area contributed by atoms with Crippen LogP contribution in [0.4, 0.5) is 11.5 Å². The van der Waals surface area contributed by atoms with Crippen molar-refractivity contribution >= 4 is 40.6 Å². The lowest BCUT2D eigenvalue weighted by atomic mass is 10.2. The Morgan fingerprint density at radius 1 is 1.19 bits per heavy atom. The number of anilines is 2. The van der Waals surface area contributed by atoms with E-state index >= 15 is 0 Å². The maximum atomic E-state index is 12.2. The van der Waals surface area contributed by atoms with Gasteiger partial charge in [0.15, 0.2) is 0 Å². The maximum Gasteiger partial charge on any atom is 0.252 e. The topological polar surface area (TPSA) is 66.5 Å². The summed E-state index contributed by atoms with van der Waals surface area (Å²) < 4.78 is 5.31. The Morgan fingerprint density at radius 3 is 2.73 bits per heavy atom. The number of morpholine rings is 1. The molecule has 0 atom stereocenters.